The van der Waals surface area contributed by atoms with E-state index in [0.717, 1.165) is 30.7 Å². The summed E-state index contributed by atoms with van der Waals surface area (Å²) < 4.78 is 6.27. The molecule has 1 aliphatic rings. The molecule has 0 aromatic heterocycles. The van der Waals surface area contributed by atoms with E-state index in [4.69, 9.17) is 21.4 Å². The van der Waals surface area contributed by atoms with E-state index in [9.17, 15) is 14.7 Å². The third-order valence-electron chi connectivity index (χ3n) is 5.35. The van der Waals surface area contributed by atoms with Crippen molar-refractivity contribution in [3.63, 3.8) is 0 Å². The van der Waals surface area contributed by atoms with Gasteiger partial charge < -0.3 is 14.9 Å². The molecule has 0 radical (unpaired) electrons. The molecule has 1 heterocycles. The largest absolute Gasteiger partial charge is 0.478 e. The highest BCUT2D eigenvalue weighted by atomic mass is 35.5. The molecule has 2 aromatic rings. The maximum absolute atomic E-state index is 11.5. The third kappa shape index (κ3) is 5.62. The Labute approximate surface area is 191 Å². The van der Waals surface area contributed by atoms with E-state index < -0.39 is 11.9 Å². The number of carboxylic acids is 2. The number of carboxylic acid groups (broad SMARTS) is 2. The van der Waals surface area contributed by atoms with Crippen molar-refractivity contribution < 1.29 is 29.0 Å². The first-order valence-corrected chi connectivity index (χ1v) is 10.8. The van der Waals surface area contributed by atoms with Gasteiger partial charge in [-0.3, -0.25) is 0 Å². The summed E-state index contributed by atoms with van der Waals surface area (Å²) >= 11 is 6.31. The number of hydrogen-bond acceptors (Lipinski definition) is 4. The number of rotatable bonds is 11. The average Bonchev–Trinajstić information content (AvgIpc) is 3.07. The van der Waals surface area contributed by atoms with Crippen LogP contribution in [-0.4, -0.2) is 39.2 Å². The molecule has 1 unspecified atom stereocenters. The number of nitrogens with zero attached hydrogens (tertiary/aromatic N) is 2. The molecule has 0 saturated heterocycles. The van der Waals surface area contributed by atoms with Crippen LogP contribution in [0.2, 0.25) is 0 Å². The predicted molar refractivity (Wildman–Crippen MR) is 121 cm³/mol. The summed E-state index contributed by atoms with van der Waals surface area (Å²) in [7, 11) is 0. The highest BCUT2D eigenvalue weighted by Crippen LogP contribution is 2.30. The van der Waals surface area contributed by atoms with Gasteiger partial charge in [-0.1, -0.05) is 55.3 Å². The molecule has 32 heavy (non-hydrogen) atoms. The van der Waals surface area contributed by atoms with Gasteiger partial charge in [0.2, 0.25) is 5.84 Å². The van der Waals surface area contributed by atoms with Crippen molar-refractivity contribution in [1.29, 1.82) is 0 Å². The van der Waals surface area contributed by atoms with Crippen LogP contribution in [0.5, 0.6) is 0 Å². The molecule has 0 saturated carbocycles. The van der Waals surface area contributed by atoms with E-state index >= 15 is 0 Å². The number of amidine groups is 1. The fraction of sp³-hybridized carbons (Fsp3) is 0.292. The Morgan fingerprint density at radius 3 is 2.44 bits per heavy atom. The topological polar surface area (TPSA) is 96.2 Å². The number of quaternary nitrogens is 1. The zero-order valence-corrected chi connectivity index (χ0v) is 18.6. The first kappa shape index (κ1) is 23.7. The van der Waals surface area contributed by atoms with E-state index in [0.29, 0.717) is 17.3 Å². The molecule has 168 valence electrons. The van der Waals surface area contributed by atoms with Crippen molar-refractivity contribution in [2.75, 3.05) is 6.73 Å². The summed E-state index contributed by atoms with van der Waals surface area (Å²) in [6, 6.07) is 13.4. The number of benzene rings is 2. The standard InChI is InChI=1S/C24H25ClN2O5/c1-2-3-8-22-26-21(25)14-27(22,13-17-9-11-18(12-10-17)23(28)29)16-32-15-19-6-4-5-7-20(19)24(30)31/h4-7,9-12,14H,2-3,8,13,15-16H2,1H3,(H-,28,29,30,31)/p+1. The Kier molecular flexibility index (Phi) is 7.80. The minimum atomic E-state index is -0.999. The van der Waals surface area contributed by atoms with Crippen molar-refractivity contribution in [3.8, 4) is 0 Å². The van der Waals surface area contributed by atoms with Crippen LogP contribution in [0.25, 0.3) is 0 Å². The summed E-state index contributed by atoms with van der Waals surface area (Å²) in [4.78, 5) is 27.2. The molecule has 8 heteroatoms. The van der Waals surface area contributed by atoms with Gasteiger partial charge in [0.15, 0.2) is 11.9 Å². The van der Waals surface area contributed by atoms with Crippen LogP contribution in [0, 0.1) is 0 Å². The second kappa shape index (κ2) is 10.5. The van der Waals surface area contributed by atoms with Gasteiger partial charge in [-0.05, 0) is 30.2 Å². The van der Waals surface area contributed by atoms with Crippen molar-refractivity contribution in [2.45, 2.75) is 39.3 Å². The maximum Gasteiger partial charge on any atom is 0.336 e. The van der Waals surface area contributed by atoms with Crippen LogP contribution < -0.4 is 0 Å². The SMILES string of the molecule is CCCCC1=NC(Cl)=C[N+]1(COCc1ccccc1C(=O)O)Cc1ccc(C(=O)O)cc1. The van der Waals surface area contributed by atoms with Gasteiger partial charge >= 0.3 is 11.9 Å². The zero-order valence-electron chi connectivity index (χ0n) is 17.8. The van der Waals surface area contributed by atoms with E-state index in [1.807, 2.05) is 6.20 Å². The second-order valence-corrected chi connectivity index (χ2v) is 8.10. The zero-order chi connectivity index (χ0) is 23.1. The number of halogens is 1. The molecule has 1 atom stereocenters. The third-order valence-corrected chi connectivity index (χ3v) is 5.53. The van der Waals surface area contributed by atoms with Crippen molar-refractivity contribution in [1.82, 2.24) is 0 Å². The van der Waals surface area contributed by atoms with E-state index in [1.165, 1.54) is 0 Å². The lowest BCUT2D eigenvalue weighted by molar-refractivity contribution is -0.826. The van der Waals surface area contributed by atoms with Crippen LogP contribution in [0.1, 0.15) is 58.0 Å². The lowest BCUT2D eigenvalue weighted by atomic mass is 10.1. The molecule has 0 spiro atoms. The monoisotopic (exact) mass is 457 g/mol. The van der Waals surface area contributed by atoms with E-state index in [2.05, 4.69) is 11.9 Å². The van der Waals surface area contributed by atoms with Gasteiger partial charge in [-0.25, -0.2) is 14.1 Å². The normalized spacial score (nSPS) is 17.7. The van der Waals surface area contributed by atoms with Gasteiger partial charge in [0.05, 0.1) is 17.7 Å². The Balaban J connectivity index is 1.83. The summed E-state index contributed by atoms with van der Waals surface area (Å²) in [5.74, 6) is -1.11. The molecule has 0 amide bonds. The number of carbonyl (C=O) groups is 2. The van der Waals surface area contributed by atoms with Gasteiger partial charge in [-0.2, -0.15) is 4.99 Å². The summed E-state index contributed by atoms with van der Waals surface area (Å²) in [6.07, 6.45) is 4.51. The minimum absolute atomic E-state index is 0.132. The molecule has 3 rings (SSSR count). The summed E-state index contributed by atoms with van der Waals surface area (Å²) in [5, 5.41) is 19.0. The van der Waals surface area contributed by atoms with Crippen LogP contribution in [0.15, 0.2) is 64.9 Å². The second-order valence-electron chi connectivity index (χ2n) is 7.72. The minimum Gasteiger partial charge on any atom is -0.478 e. The highest BCUT2D eigenvalue weighted by molar-refractivity contribution is 6.30. The van der Waals surface area contributed by atoms with Gasteiger partial charge in [0.1, 0.15) is 12.7 Å². The van der Waals surface area contributed by atoms with Crippen LogP contribution in [0.3, 0.4) is 0 Å². The fourth-order valence-electron chi connectivity index (χ4n) is 3.69. The van der Waals surface area contributed by atoms with Crippen LogP contribution in [-0.2, 0) is 17.9 Å². The molecule has 7 nitrogen and oxygen atoms in total. The summed E-state index contributed by atoms with van der Waals surface area (Å²) in [6.45, 7) is 2.93. The van der Waals surface area contributed by atoms with Crippen molar-refractivity contribution >= 4 is 29.4 Å². The number of aliphatic imine (C=N–C) groups is 1. The molecule has 0 fully saturated rings. The van der Waals surface area contributed by atoms with E-state index in [-0.39, 0.29) is 28.9 Å². The van der Waals surface area contributed by atoms with Crippen LogP contribution >= 0.6 is 11.6 Å². The maximum atomic E-state index is 11.5. The van der Waals surface area contributed by atoms with Gasteiger partial charge in [-0.15, -0.1) is 0 Å². The van der Waals surface area contributed by atoms with E-state index in [1.54, 1.807) is 48.5 Å². The Morgan fingerprint density at radius 1 is 1.06 bits per heavy atom. The molecular formula is C24H26ClN2O5+. The first-order chi connectivity index (χ1) is 15.3. The lowest BCUT2D eigenvalue weighted by Gasteiger charge is -2.32. The molecule has 0 aliphatic carbocycles. The molecule has 1 aliphatic heterocycles. The van der Waals surface area contributed by atoms with Gasteiger partial charge in [0.25, 0.3) is 0 Å². The smallest absolute Gasteiger partial charge is 0.336 e. The quantitative estimate of drug-likeness (QED) is 0.356. The highest BCUT2D eigenvalue weighted by Gasteiger charge is 2.38. The lowest BCUT2D eigenvalue weighted by Crippen LogP contribution is -2.47. The summed E-state index contributed by atoms with van der Waals surface area (Å²) in [5.41, 5.74) is 1.93. The van der Waals surface area contributed by atoms with Crippen LogP contribution in [0.4, 0.5) is 0 Å². The molecular weight excluding hydrogens is 432 g/mol. The molecule has 0 bridgehead atoms. The number of ether oxygens (including phenoxy) is 1. The number of aromatic carboxylic acids is 2. The fourth-order valence-corrected chi connectivity index (χ4v) is 3.97. The first-order valence-electron chi connectivity index (χ1n) is 10.4. The number of hydrogen-bond donors (Lipinski definition) is 2. The van der Waals surface area contributed by atoms with Crippen molar-refractivity contribution in [2.24, 2.45) is 4.99 Å². The number of unbranched alkanes of at least 4 members (excludes halogenated alkanes) is 1. The molecule has 2 aromatic carbocycles. The Hall–Kier alpha value is -3.00. The van der Waals surface area contributed by atoms with Gasteiger partial charge in [0, 0.05) is 12.0 Å². The predicted octanol–water partition coefficient (Wildman–Crippen LogP) is 5.21. The Morgan fingerprint density at radius 2 is 1.78 bits per heavy atom. The molecule has 2 N–H and O–H groups in total. The average molecular weight is 458 g/mol. The Bertz CT molecular complexity index is 1050. The van der Waals surface area contributed by atoms with Crippen molar-refractivity contribution in [3.05, 3.63) is 82.1 Å².